The molecule has 20 heavy (non-hydrogen) atoms. The Morgan fingerprint density at radius 2 is 2.10 bits per heavy atom. The summed E-state index contributed by atoms with van der Waals surface area (Å²) >= 11 is 3.35. The molecule has 0 bridgehead atoms. The summed E-state index contributed by atoms with van der Waals surface area (Å²) in [7, 11) is 0. The minimum Gasteiger partial charge on any atom is -0.503 e. The zero-order valence-electron chi connectivity index (χ0n) is 11.5. The lowest BCUT2D eigenvalue weighted by Gasteiger charge is -2.28. The average Bonchev–Trinajstić information content (AvgIpc) is 2.44. The Morgan fingerprint density at radius 1 is 1.45 bits per heavy atom. The Balaban J connectivity index is 0.00000200. The van der Waals surface area contributed by atoms with Crippen molar-refractivity contribution in [2.45, 2.75) is 25.8 Å². The van der Waals surface area contributed by atoms with Crippen LogP contribution < -0.4 is 10.5 Å². The molecule has 1 aromatic carbocycles. The number of aromatic hydroxyl groups is 1. The van der Waals surface area contributed by atoms with Gasteiger partial charge in [-0.3, -0.25) is 0 Å². The van der Waals surface area contributed by atoms with Gasteiger partial charge in [0.15, 0.2) is 11.5 Å². The van der Waals surface area contributed by atoms with E-state index in [-0.39, 0.29) is 24.2 Å². The summed E-state index contributed by atoms with van der Waals surface area (Å²) in [5, 5.41) is 9.91. The highest BCUT2D eigenvalue weighted by atomic mass is 79.9. The van der Waals surface area contributed by atoms with Crippen LogP contribution in [0.15, 0.2) is 16.6 Å². The lowest BCUT2D eigenvalue weighted by molar-refractivity contribution is 0.0583. The zero-order chi connectivity index (χ0) is 13.8. The first-order valence-corrected chi connectivity index (χ1v) is 7.41. The van der Waals surface area contributed by atoms with E-state index in [0.29, 0.717) is 22.7 Å². The third-order valence-electron chi connectivity index (χ3n) is 3.51. The lowest BCUT2D eigenvalue weighted by atomic mass is 9.87. The highest BCUT2D eigenvalue weighted by molar-refractivity contribution is 9.10. The first-order valence-electron chi connectivity index (χ1n) is 6.62. The smallest absolute Gasteiger partial charge is 0.172 e. The normalized spacial score (nSPS) is 17.4. The molecule has 0 saturated carbocycles. The number of hydrogen-bond acceptors (Lipinski definition) is 4. The third kappa shape index (κ3) is 4.01. The molecule has 0 spiro atoms. The first kappa shape index (κ1) is 17.6. The number of ether oxygens (including phenoxy) is 2. The van der Waals surface area contributed by atoms with E-state index in [9.17, 15) is 5.11 Å². The molecule has 0 radical (unpaired) electrons. The van der Waals surface area contributed by atoms with Gasteiger partial charge in [-0.2, -0.15) is 0 Å². The topological polar surface area (TPSA) is 64.7 Å². The molecular weight excluding hydrogens is 346 g/mol. The van der Waals surface area contributed by atoms with E-state index in [2.05, 4.69) is 15.9 Å². The Hall–Kier alpha value is -0.490. The van der Waals surface area contributed by atoms with Gasteiger partial charge in [0, 0.05) is 19.3 Å². The van der Waals surface area contributed by atoms with Gasteiger partial charge >= 0.3 is 0 Å². The second-order valence-corrected chi connectivity index (χ2v) is 5.61. The number of nitrogens with two attached hydrogens (primary N) is 1. The summed E-state index contributed by atoms with van der Waals surface area (Å²) in [5.74, 6) is 1.03. The average molecular weight is 367 g/mol. The Kier molecular flexibility index (Phi) is 7.09. The summed E-state index contributed by atoms with van der Waals surface area (Å²) in [4.78, 5) is 0. The van der Waals surface area contributed by atoms with Crippen molar-refractivity contribution >= 4 is 28.3 Å². The summed E-state index contributed by atoms with van der Waals surface area (Å²) in [5.41, 5.74) is 7.33. The highest BCUT2D eigenvalue weighted by Gasteiger charge is 2.24. The molecule has 1 atom stereocenters. The number of phenols is 1. The Bertz CT molecular complexity index is 439. The van der Waals surface area contributed by atoms with Gasteiger partial charge in [0.2, 0.25) is 0 Å². The number of benzene rings is 1. The maximum atomic E-state index is 9.91. The molecule has 1 aliphatic heterocycles. The monoisotopic (exact) mass is 365 g/mol. The van der Waals surface area contributed by atoms with Gasteiger partial charge in [0.05, 0.1) is 11.1 Å². The van der Waals surface area contributed by atoms with E-state index in [0.717, 1.165) is 31.6 Å². The van der Waals surface area contributed by atoms with Crippen LogP contribution in [-0.2, 0) is 4.74 Å². The van der Waals surface area contributed by atoms with Crippen LogP contribution in [0.1, 0.15) is 31.4 Å². The quantitative estimate of drug-likeness (QED) is 0.857. The van der Waals surface area contributed by atoms with Crippen molar-refractivity contribution in [2.75, 3.05) is 19.8 Å². The van der Waals surface area contributed by atoms with Crippen LogP contribution >= 0.6 is 28.3 Å². The van der Waals surface area contributed by atoms with Gasteiger partial charge in [0.25, 0.3) is 0 Å². The molecule has 0 aliphatic carbocycles. The summed E-state index contributed by atoms with van der Waals surface area (Å²) in [6.45, 7) is 3.94. The zero-order valence-corrected chi connectivity index (χ0v) is 13.9. The molecule has 1 saturated heterocycles. The fourth-order valence-electron chi connectivity index (χ4n) is 2.40. The van der Waals surface area contributed by atoms with Crippen LogP contribution in [0.2, 0.25) is 0 Å². The van der Waals surface area contributed by atoms with E-state index < -0.39 is 0 Å². The molecule has 4 nitrogen and oxygen atoms in total. The van der Waals surface area contributed by atoms with Crippen molar-refractivity contribution in [1.82, 2.24) is 0 Å². The highest BCUT2D eigenvalue weighted by Crippen LogP contribution is 2.39. The first-order chi connectivity index (χ1) is 9.13. The second kappa shape index (κ2) is 8.08. The van der Waals surface area contributed by atoms with Crippen LogP contribution in [-0.4, -0.2) is 24.9 Å². The van der Waals surface area contributed by atoms with Gasteiger partial charge < -0.3 is 20.3 Å². The minimum absolute atomic E-state index is 0. The molecule has 6 heteroatoms. The van der Waals surface area contributed by atoms with Crippen molar-refractivity contribution in [1.29, 1.82) is 0 Å². The summed E-state index contributed by atoms with van der Waals surface area (Å²) in [6, 6.07) is 3.65. The van der Waals surface area contributed by atoms with Crippen molar-refractivity contribution in [2.24, 2.45) is 11.7 Å². The van der Waals surface area contributed by atoms with Gasteiger partial charge in [-0.15, -0.1) is 12.4 Å². The molecular formula is C14H21BrClNO3. The Morgan fingerprint density at radius 3 is 2.70 bits per heavy atom. The van der Waals surface area contributed by atoms with E-state index in [1.54, 1.807) is 0 Å². The molecule has 0 aromatic heterocycles. The van der Waals surface area contributed by atoms with Gasteiger partial charge in [-0.25, -0.2) is 0 Å². The van der Waals surface area contributed by atoms with Gasteiger partial charge in [0.1, 0.15) is 0 Å². The van der Waals surface area contributed by atoms with Crippen LogP contribution in [0, 0.1) is 5.92 Å². The number of hydrogen-bond donors (Lipinski definition) is 2. The van der Waals surface area contributed by atoms with E-state index in [1.165, 1.54) is 0 Å². The summed E-state index contributed by atoms with van der Waals surface area (Å²) < 4.78 is 11.4. The third-order valence-corrected chi connectivity index (χ3v) is 4.11. The van der Waals surface area contributed by atoms with Crippen molar-refractivity contribution in [3.63, 3.8) is 0 Å². The molecule has 1 heterocycles. The Labute approximate surface area is 134 Å². The van der Waals surface area contributed by atoms with Crippen LogP contribution in [0.5, 0.6) is 11.5 Å². The molecule has 1 aromatic rings. The molecule has 1 aliphatic rings. The van der Waals surface area contributed by atoms with Crippen molar-refractivity contribution in [3.05, 3.63) is 22.2 Å². The van der Waals surface area contributed by atoms with Crippen LogP contribution in [0.3, 0.4) is 0 Å². The largest absolute Gasteiger partial charge is 0.503 e. The minimum atomic E-state index is -0.0555. The van der Waals surface area contributed by atoms with Crippen molar-refractivity contribution < 1.29 is 14.6 Å². The van der Waals surface area contributed by atoms with Gasteiger partial charge in [-0.1, -0.05) is 0 Å². The van der Waals surface area contributed by atoms with Crippen LogP contribution in [0.4, 0.5) is 0 Å². The predicted molar refractivity (Wildman–Crippen MR) is 84.7 cm³/mol. The molecule has 0 unspecified atom stereocenters. The maximum absolute atomic E-state index is 9.91. The SMILES string of the molecule is CCOc1cc([C@H](N)C2CCOCC2)cc(Br)c1O.Cl. The molecule has 0 amide bonds. The maximum Gasteiger partial charge on any atom is 0.172 e. The molecule has 114 valence electrons. The standard InChI is InChI=1S/C14H20BrNO3.ClH/c1-2-19-12-8-10(7-11(15)14(12)17)13(16)9-3-5-18-6-4-9;/h7-9,13,17H,2-6,16H2,1H3;1H/t13-;/m1./s1. The van der Waals surface area contributed by atoms with E-state index in [1.807, 2.05) is 19.1 Å². The molecule has 3 N–H and O–H groups in total. The second-order valence-electron chi connectivity index (χ2n) is 4.76. The van der Waals surface area contributed by atoms with E-state index in [4.69, 9.17) is 15.2 Å². The van der Waals surface area contributed by atoms with Crippen molar-refractivity contribution in [3.8, 4) is 11.5 Å². The number of halogens is 2. The van der Waals surface area contributed by atoms with Gasteiger partial charge in [-0.05, 0) is 59.3 Å². The van der Waals surface area contributed by atoms with Crippen LogP contribution in [0.25, 0.3) is 0 Å². The fraction of sp³-hybridized carbons (Fsp3) is 0.571. The lowest BCUT2D eigenvalue weighted by Crippen LogP contribution is -2.27. The number of rotatable bonds is 4. The predicted octanol–water partition coefficient (Wildman–Crippen LogP) is 3.40. The molecule has 2 rings (SSSR count). The number of phenolic OH excluding ortho intramolecular Hbond substituents is 1. The van der Waals surface area contributed by atoms with E-state index >= 15 is 0 Å². The molecule has 1 fully saturated rings. The fourth-order valence-corrected chi connectivity index (χ4v) is 2.86. The summed E-state index contributed by atoms with van der Waals surface area (Å²) in [6.07, 6.45) is 1.95.